The van der Waals surface area contributed by atoms with Crippen molar-refractivity contribution in [3.8, 4) is 17.2 Å². The van der Waals surface area contributed by atoms with Gasteiger partial charge in [0.05, 0.1) is 11.3 Å². The van der Waals surface area contributed by atoms with Crippen LogP contribution in [0.15, 0.2) is 76.1 Å². The van der Waals surface area contributed by atoms with Gasteiger partial charge in [-0.2, -0.15) is 0 Å². The topological polar surface area (TPSA) is 58.6 Å². The number of fused-ring (bicyclic) bond motifs is 1. The molecule has 0 bridgehead atoms. The third kappa shape index (κ3) is 3.97. The number of aromatic hydroxyl groups is 1. The Labute approximate surface area is 167 Å². The Balaban J connectivity index is 1.58. The molecular formula is C23H17ClN2O2. The number of benzene rings is 3. The summed E-state index contributed by atoms with van der Waals surface area (Å²) in [6.07, 6.45) is 5.47. The number of oxazole rings is 1. The first-order chi connectivity index (χ1) is 13.6. The number of phenolic OH excluding ortho intramolecular Hbond substituents is 1. The summed E-state index contributed by atoms with van der Waals surface area (Å²) in [6.45, 7) is 1.99. The normalized spacial score (nSPS) is 11.8. The molecule has 0 spiro atoms. The molecule has 1 aromatic heterocycles. The summed E-state index contributed by atoms with van der Waals surface area (Å²) in [5.41, 5.74) is 4.75. The third-order valence-corrected chi connectivity index (χ3v) is 4.47. The van der Waals surface area contributed by atoms with Crippen LogP contribution in [0.3, 0.4) is 0 Å². The van der Waals surface area contributed by atoms with Crippen LogP contribution in [-0.2, 0) is 0 Å². The Bertz CT molecular complexity index is 1190. The second-order valence-corrected chi connectivity index (χ2v) is 6.82. The first kappa shape index (κ1) is 18.0. The standard InChI is InChI=1S/C23H17ClN2O2/c1-15-4-10-20-22(13-15)28-23(26-20)19-14-18(9-11-21(19)27)25-12-2-3-16-5-7-17(24)8-6-16/h2-14,27H,1H3. The zero-order valence-electron chi connectivity index (χ0n) is 15.1. The largest absolute Gasteiger partial charge is 0.507 e. The van der Waals surface area contributed by atoms with Crippen LogP contribution in [0, 0.1) is 6.92 Å². The summed E-state index contributed by atoms with van der Waals surface area (Å²) >= 11 is 5.88. The van der Waals surface area contributed by atoms with E-state index in [0.717, 1.165) is 16.6 Å². The summed E-state index contributed by atoms with van der Waals surface area (Å²) in [6, 6.07) is 18.4. The van der Waals surface area contributed by atoms with E-state index >= 15 is 0 Å². The third-order valence-electron chi connectivity index (χ3n) is 4.22. The van der Waals surface area contributed by atoms with Crippen molar-refractivity contribution >= 4 is 40.7 Å². The van der Waals surface area contributed by atoms with E-state index in [-0.39, 0.29) is 5.75 Å². The molecule has 0 aliphatic rings. The average molecular weight is 389 g/mol. The monoisotopic (exact) mass is 388 g/mol. The fourth-order valence-corrected chi connectivity index (χ4v) is 2.91. The molecule has 4 nitrogen and oxygen atoms in total. The zero-order valence-corrected chi connectivity index (χ0v) is 15.9. The molecule has 1 heterocycles. The highest BCUT2D eigenvalue weighted by Crippen LogP contribution is 2.34. The second-order valence-electron chi connectivity index (χ2n) is 6.38. The number of aliphatic imine (C=N–C) groups is 1. The molecule has 28 heavy (non-hydrogen) atoms. The summed E-state index contributed by atoms with van der Waals surface area (Å²) in [4.78, 5) is 8.88. The lowest BCUT2D eigenvalue weighted by Gasteiger charge is -2.01. The van der Waals surface area contributed by atoms with Crippen molar-refractivity contribution in [1.29, 1.82) is 0 Å². The van der Waals surface area contributed by atoms with Gasteiger partial charge < -0.3 is 9.52 Å². The maximum atomic E-state index is 10.2. The van der Waals surface area contributed by atoms with E-state index in [1.165, 1.54) is 0 Å². The van der Waals surface area contributed by atoms with Crippen LogP contribution in [-0.4, -0.2) is 16.3 Å². The summed E-state index contributed by atoms with van der Waals surface area (Å²) in [5.74, 6) is 0.464. The number of nitrogens with zero attached hydrogens (tertiary/aromatic N) is 2. The molecule has 138 valence electrons. The van der Waals surface area contributed by atoms with E-state index < -0.39 is 0 Å². The molecule has 0 radical (unpaired) electrons. The molecule has 0 fully saturated rings. The van der Waals surface area contributed by atoms with Gasteiger partial charge in [0.2, 0.25) is 5.89 Å². The number of phenols is 1. The van der Waals surface area contributed by atoms with Crippen molar-refractivity contribution in [3.05, 3.63) is 82.9 Å². The zero-order chi connectivity index (χ0) is 19.5. The number of halogens is 1. The average Bonchev–Trinajstić information content (AvgIpc) is 3.10. The van der Waals surface area contributed by atoms with Crippen molar-refractivity contribution in [2.24, 2.45) is 4.99 Å². The number of hydrogen-bond acceptors (Lipinski definition) is 4. The molecular weight excluding hydrogens is 372 g/mol. The minimum absolute atomic E-state index is 0.0962. The lowest BCUT2D eigenvalue weighted by Crippen LogP contribution is -1.79. The lowest BCUT2D eigenvalue weighted by atomic mass is 10.2. The van der Waals surface area contributed by atoms with Crippen molar-refractivity contribution in [2.45, 2.75) is 6.92 Å². The Morgan fingerprint density at radius 2 is 1.86 bits per heavy atom. The van der Waals surface area contributed by atoms with Gasteiger partial charge in [0.25, 0.3) is 0 Å². The van der Waals surface area contributed by atoms with E-state index in [9.17, 15) is 5.11 Å². The highest BCUT2D eigenvalue weighted by molar-refractivity contribution is 6.30. The van der Waals surface area contributed by atoms with Gasteiger partial charge in [-0.25, -0.2) is 4.98 Å². The van der Waals surface area contributed by atoms with Gasteiger partial charge in [-0.05, 0) is 66.6 Å². The van der Waals surface area contributed by atoms with E-state index in [2.05, 4.69) is 9.98 Å². The molecule has 1 N–H and O–H groups in total. The van der Waals surface area contributed by atoms with Crippen LogP contribution in [0.5, 0.6) is 5.75 Å². The molecule has 4 aromatic rings. The fraction of sp³-hybridized carbons (Fsp3) is 0.0435. The van der Waals surface area contributed by atoms with Crippen LogP contribution in [0.1, 0.15) is 11.1 Å². The molecule has 0 saturated carbocycles. The van der Waals surface area contributed by atoms with E-state index in [4.69, 9.17) is 16.0 Å². The van der Waals surface area contributed by atoms with Crippen LogP contribution in [0.25, 0.3) is 28.6 Å². The summed E-state index contributed by atoms with van der Waals surface area (Å²) in [7, 11) is 0. The van der Waals surface area contributed by atoms with Gasteiger partial charge in [0.15, 0.2) is 5.58 Å². The highest BCUT2D eigenvalue weighted by atomic mass is 35.5. The van der Waals surface area contributed by atoms with Gasteiger partial charge in [0, 0.05) is 11.2 Å². The quantitative estimate of drug-likeness (QED) is 0.402. The maximum Gasteiger partial charge on any atom is 0.231 e. The maximum absolute atomic E-state index is 10.2. The molecule has 4 rings (SSSR count). The SMILES string of the molecule is Cc1ccc2nc(-c3cc(N=CC=Cc4ccc(Cl)cc4)ccc3O)oc2c1. The first-order valence-electron chi connectivity index (χ1n) is 8.75. The molecule has 0 unspecified atom stereocenters. The number of allylic oxidation sites excluding steroid dienone is 1. The molecule has 5 heteroatoms. The van der Waals surface area contributed by atoms with E-state index in [1.54, 1.807) is 24.4 Å². The summed E-state index contributed by atoms with van der Waals surface area (Å²) in [5, 5.41) is 10.9. The van der Waals surface area contributed by atoms with E-state index in [1.807, 2.05) is 61.5 Å². The lowest BCUT2D eigenvalue weighted by molar-refractivity contribution is 0.474. The van der Waals surface area contributed by atoms with Gasteiger partial charge in [-0.1, -0.05) is 35.9 Å². The second kappa shape index (κ2) is 7.71. The Morgan fingerprint density at radius 3 is 2.68 bits per heavy atom. The molecule has 0 aliphatic carbocycles. The number of hydrogen-bond donors (Lipinski definition) is 1. The Hall–Kier alpha value is -3.37. The van der Waals surface area contributed by atoms with Crippen molar-refractivity contribution in [2.75, 3.05) is 0 Å². The fourth-order valence-electron chi connectivity index (χ4n) is 2.78. The molecule has 3 aromatic carbocycles. The highest BCUT2D eigenvalue weighted by Gasteiger charge is 2.13. The Morgan fingerprint density at radius 1 is 1.04 bits per heavy atom. The van der Waals surface area contributed by atoms with Crippen molar-refractivity contribution in [1.82, 2.24) is 4.98 Å². The molecule has 0 saturated heterocycles. The van der Waals surface area contributed by atoms with E-state index in [0.29, 0.717) is 27.7 Å². The van der Waals surface area contributed by atoms with Gasteiger partial charge in [-0.3, -0.25) is 4.99 Å². The van der Waals surface area contributed by atoms with Crippen LogP contribution < -0.4 is 0 Å². The minimum atomic E-state index is 0.0962. The van der Waals surface area contributed by atoms with Gasteiger partial charge in [0.1, 0.15) is 11.3 Å². The molecule has 0 aliphatic heterocycles. The molecule has 0 atom stereocenters. The smallest absolute Gasteiger partial charge is 0.231 e. The predicted molar refractivity (Wildman–Crippen MR) is 114 cm³/mol. The van der Waals surface area contributed by atoms with Crippen molar-refractivity contribution in [3.63, 3.8) is 0 Å². The van der Waals surface area contributed by atoms with Crippen LogP contribution in [0.4, 0.5) is 5.69 Å². The molecule has 0 amide bonds. The minimum Gasteiger partial charge on any atom is -0.507 e. The number of aromatic nitrogens is 1. The van der Waals surface area contributed by atoms with Gasteiger partial charge >= 0.3 is 0 Å². The van der Waals surface area contributed by atoms with Crippen LogP contribution in [0.2, 0.25) is 5.02 Å². The van der Waals surface area contributed by atoms with Crippen LogP contribution >= 0.6 is 11.6 Å². The van der Waals surface area contributed by atoms with Crippen molar-refractivity contribution < 1.29 is 9.52 Å². The number of rotatable bonds is 4. The Kier molecular flexibility index (Phi) is 4.96. The number of aryl methyl sites for hydroxylation is 1. The van der Waals surface area contributed by atoms with Gasteiger partial charge in [-0.15, -0.1) is 0 Å². The first-order valence-corrected chi connectivity index (χ1v) is 9.13. The predicted octanol–water partition coefficient (Wildman–Crippen LogP) is 6.58. The summed E-state index contributed by atoms with van der Waals surface area (Å²) < 4.78 is 5.82.